The average molecular weight is 232 g/mol. The second-order valence-electron chi connectivity index (χ2n) is 3.90. The van der Waals surface area contributed by atoms with Gasteiger partial charge in [-0.2, -0.15) is 0 Å². The maximum absolute atomic E-state index is 10.4. The van der Waals surface area contributed by atoms with Gasteiger partial charge >= 0.3 is 5.97 Å². The topological polar surface area (TPSA) is 46.5 Å². The lowest BCUT2D eigenvalue weighted by Crippen LogP contribution is -1.89. The molecule has 3 heteroatoms. The Hall–Kier alpha value is -2.03. The number of carbonyl (C=O) groups is 1. The van der Waals surface area contributed by atoms with E-state index in [1.54, 1.807) is 18.4 Å². The molecule has 1 rings (SSSR count). The second kappa shape index (κ2) is 6.53. The fraction of sp³-hybridized carbons (Fsp3) is 0.214. The highest BCUT2D eigenvalue weighted by Crippen LogP contribution is 2.19. The van der Waals surface area contributed by atoms with Crippen LogP contribution in [0.5, 0.6) is 5.75 Å². The predicted molar refractivity (Wildman–Crippen MR) is 67.7 cm³/mol. The van der Waals surface area contributed by atoms with Crippen molar-refractivity contribution in [2.45, 2.75) is 13.8 Å². The van der Waals surface area contributed by atoms with Crippen molar-refractivity contribution in [3.05, 3.63) is 48.2 Å². The van der Waals surface area contributed by atoms with Crippen molar-refractivity contribution in [1.82, 2.24) is 0 Å². The van der Waals surface area contributed by atoms with Crippen LogP contribution in [0.2, 0.25) is 0 Å². The van der Waals surface area contributed by atoms with Crippen LogP contribution in [0.3, 0.4) is 0 Å². The third-order valence-corrected chi connectivity index (χ3v) is 1.98. The third kappa shape index (κ3) is 5.02. The summed E-state index contributed by atoms with van der Waals surface area (Å²) in [6.07, 6.45) is 6.16. The molecule has 1 aromatic rings. The van der Waals surface area contributed by atoms with E-state index in [0.717, 1.165) is 11.6 Å². The van der Waals surface area contributed by atoms with Gasteiger partial charge in [0.05, 0.1) is 6.26 Å². The predicted octanol–water partition coefficient (Wildman–Crippen LogP) is 3.33. The maximum Gasteiger partial charge on any atom is 0.328 e. The molecule has 0 atom stereocenters. The standard InChI is InChI=1S/C14H16O3/c1-11(2)9-10-17-13-6-4-3-5-12(13)7-8-14(15)16/h3-11H,1-2H3,(H,15,16)/b8-7+,10-9+. The molecule has 0 spiro atoms. The van der Waals surface area contributed by atoms with Crippen LogP contribution in [0.4, 0.5) is 0 Å². The normalized spacial score (nSPS) is 11.5. The molecule has 0 aromatic heterocycles. The summed E-state index contributed by atoms with van der Waals surface area (Å²) >= 11 is 0. The van der Waals surface area contributed by atoms with Crippen LogP contribution in [0.15, 0.2) is 42.7 Å². The van der Waals surface area contributed by atoms with Crippen LogP contribution in [-0.2, 0) is 4.79 Å². The quantitative estimate of drug-likeness (QED) is 0.625. The zero-order valence-electron chi connectivity index (χ0n) is 9.96. The van der Waals surface area contributed by atoms with Gasteiger partial charge in [-0.3, -0.25) is 0 Å². The minimum atomic E-state index is -0.975. The van der Waals surface area contributed by atoms with E-state index in [4.69, 9.17) is 9.84 Å². The number of benzene rings is 1. The summed E-state index contributed by atoms with van der Waals surface area (Å²) in [7, 11) is 0. The summed E-state index contributed by atoms with van der Waals surface area (Å²) in [6.45, 7) is 4.10. The van der Waals surface area contributed by atoms with Gasteiger partial charge in [-0.15, -0.1) is 0 Å². The van der Waals surface area contributed by atoms with Gasteiger partial charge in [-0.05, 0) is 24.1 Å². The Morgan fingerprint density at radius 1 is 1.35 bits per heavy atom. The molecule has 0 saturated carbocycles. The number of carboxylic acid groups (broad SMARTS) is 1. The number of aliphatic carboxylic acids is 1. The van der Waals surface area contributed by atoms with Gasteiger partial charge in [-0.1, -0.05) is 32.0 Å². The Labute approximate surface area is 101 Å². The fourth-order valence-electron chi connectivity index (χ4n) is 1.16. The minimum Gasteiger partial charge on any atom is -0.478 e. The lowest BCUT2D eigenvalue weighted by molar-refractivity contribution is -0.131. The van der Waals surface area contributed by atoms with E-state index in [1.165, 1.54) is 6.08 Å². The maximum atomic E-state index is 10.4. The van der Waals surface area contributed by atoms with Gasteiger partial charge in [0, 0.05) is 11.6 Å². The number of allylic oxidation sites excluding steroid dienone is 1. The number of para-hydroxylation sites is 1. The number of ether oxygens (including phenoxy) is 1. The van der Waals surface area contributed by atoms with E-state index >= 15 is 0 Å². The molecule has 0 aliphatic rings. The first-order valence-corrected chi connectivity index (χ1v) is 5.43. The molecule has 0 saturated heterocycles. The van der Waals surface area contributed by atoms with Crippen molar-refractivity contribution < 1.29 is 14.6 Å². The highest BCUT2D eigenvalue weighted by molar-refractivity contribution is 5.85. The molecular formula is C14H16O3. The highest BCUT2D eigenvalue weighted by Gasteiger charge is 1.98. The minimum absolute atomic E-state index is 0.414. The highest BCUT2D eigenvalue weighted by atomic mass is 16.5. The van der Waals surface area contributed by atoms with Crippen molar-refractivity contribution >= 4 is 12.0 Å². The molecule has 1 N–H and O–H groups in total. The Morgan fingerprint density at radius 2 is 2.06 bits per heavy atom. The second-order valence-corrected chi connectivity index (χ2v) is 3.90. The van der Waals surface area contributed by atoms with E-state index in [2.05, 4.69) is 13.8 Å². The molecule has 0 radical (unpaired) electrons. The molecule has 0 aliphatic carbocycles. The van der Waals surface area contributed by atoms with Gasteiger partial charge in [-0.25, -0.2) is 4.79 Å². The zero-order valence-corrected chi connectivity index (χ0v) is 9.96. The monoisotopic (exact) mass is 232 g/mol. The molecule has 0 fully saturated rings. The first-order valence-electron chi connectivity index (χ1n) is 5.43. The van der Waals surface area contributed by atoms with Crippen molar-refractivity contribution in [1.29, 1.82) is 0 Å². The number of carboxylic acids is 1. The van der Waals surface area contributed by atoms with Gasteiger partial charge in [0.2, 0.25) is 0 Å². The molecular weight excluding hydrogens is 216 g/mol. The first kappa shape index (κ1) is 13.0. The zero-order chi connectivity index (χ0) is 12.7. The SMILES string of the molecule is CC(C)/C=C/Oc1ccccc1/C=C/C(=O)O. The Kier molecular flexibility index (Phi) is 5.01. The van der Waals surface area contributed by atoms with E-state index in [9.17, 15) is 4.79 Å². The van der Waals surface area contributed by atoms with Crippen molar-refractivity contribution in [3.63, 3.8) is 0 Å². The Balaban J connectivity index is 2.81. The van der Waals surface area contributed by atoms with Crippen LogP contribution in [0.25, 0.3) is 6.08 Å². The Bertz CT molecular complexity index is 431. The summed E-state index contributed by atoms with van der Waals surface area (Å²) < 4.78 is 5.46. The van der Waals surface area contributed by atoms with Crippen molar-refractivity contribution in [2.24, 2.45) is 5.92 Å². The molecule has 0 amide bonds. The summed E-state index contributed by atoms with van der Waals surface area (Å²) in [4.78, 5) is 10.4. The number of hydrogen-bond donors (Lipinski definition) is 1. The van der Waals surface area contributed by atoms with Crippen LogP contribution < -0.4 is 4.74 Å². The van der Waals surface area contributed by atoms with Gasteiger partial charge in [0.1, 0.15) is 5.75 Å². The largest absolute Gasteiger partial charge is 0.478 e. The molecule has 0 unspecified atom stereocenters. The van der Waals surface area contributed by atoms with Gasteiger partial charge in [0.25, 0.3) is 0 Å². The fourth-order valence-corrected chi connectivity index (χ4v) is 1.16. The first-order chi connectivity index (χ1) is 8.09. The van der Waals surface area contributed by atoms with Crippen LogP contribution in [-0.4, -0.2) is 11.1 Å². The molecule has 0 heterocycles. The van der Waals surface area contributed by atoms with Crippen LogP contribution in [0.1, 0.15) is 19.4 Å². The molecule has 1 aromatic carbocycles. The summed E-state index contributed by atoms with van der Waals surface area (Å²) in [6, 6.07) is 7.28. The van der Waals surface area contributed by atoms with Gasteiger partial charge in [0.15, 0.2) is 0 Å². The summed E-state index contributed by atoms with van der Waals surface area (Å²) in [5.74, 6) is 0.0798. The lowest BCUT2D eigenvalue weighted by Gasteiger charge is -2.04. The van der Waals surface area contributed by atoms with Crippen LogP contribution in [0, 0.1) is 5.92 Å². The van der Waals surface area contributed by atoms with Crippen molar-refractivity contribution in [3.8, 4) is 5.75 Å². The number of hydrogen-bond acceptors (Lipinski definition) is 2. The average Bonchev–Trinajstić information content (AvgIpc) is 2.27. The van der Waals surface area contributed by atoms with E-state index in [0.29, 0.717) is 11.7 Å². The molecule has 17 heavy (non-hydrogen) atoms. The van der Waals surface area contributed by atoms with E-state index in [1.807, 2.05) is 18.2 Å². The Morgan fingerprint density at radius 3 is 2.71 bits per heavy atom. The third-order valence-electron chi connectivity index (χ3n) is 1.98. The molecule has 3 nitrogen and oxygen atoms in total. The number of rotatable bonds is 5. The summed E-state index contributed by atoms with van der Waals surface area (Å²) in [5.41, 5.74) is 0.739. The van der Waals surface area contributed by atoms with Crippen LogP contribution >= 0.6 is 0 Å². The van der Waals surface area contributed by atoms with Gasteiger partial charge < -0.3 is 9.84 Å². The lowest BCUT2D eigenvalue weighted by atomic mass is 10.2. The summed E-state index contributed by atoms with van der Waals surface area (Å²) in [5, 5.41) is 8.57. The molecule has 0 aliphatic heterocycles. The van der Waals surface area contributed by atoms with E-state index in [-0.39, 0.29) is 0 Å². The van der Waals surface area contributed by atoms with Crippen molar-refractivity contribution in [2.75, 3.05) is 0 Å². The smallest absolute Gasteiger partial charge is 0.328 e. The molecule has 0 bridgehead atoms. The molecule has 90 valence electrons. The van der Waals surface area contributed by atoms with E-state index < -0.39 is 5.97 Å².